The number of carboxylic acids is 1. The van der Waals surface area contributed by atoms with Crippen LogP contribution in [0.3, 0.4) is 0 Å². The van der Waals surface area contributed by atoms with Crippen LogP contribution in [0.15, 0.2) is 29.6 Å². The number of piperidine rings is 1. The summed E-state index contributed by atoms with van der Waals surface area (Å²) in [7, 11) is 3.74. The Morgan fingerprint density at radius 1 is 1.07 bits per heavy atom. The van der Waals surface area contributed by atoms with E-state index in [9.17, 15) is 29.1 Å². The maximum absolute atomic E-state index is 14.5. The largest absolute Gasteiger partial charge is 0.481 e. The second-order valence-corrected chi connectivity index (χ2v) is 17.5. The molecule has 1 aromatic carbocycles. The van der Waals surface area contributed by atoms with E-state index in [0.717, 1.165) is 42.6 Å². The number of aliphatic carboxylic acids is 1. The fourth-order valence-corrected chi connectivity index (χ4v) is 8.67. The SMILES string of the molecule is CCCC1CCCC(C)(C(=O)N[C@H](C(=O)N(C)C(C[C@@H](OC(=O)NCC)c2nc(C(=O)N[C@@H](Cc3ccc(N)cc3)C[C@H](C)C(=O)O)cs2)C(C)C)[C@@H](C)CC)N1C. The molecule has 4 amide bonds. The number of nitrogens with one attached hydrogen (secondary N) is 3. The molecule has 324 valence electrons. The van der Waals surface area contributed by atoms with Crippen molar-refractivity contribution >= 4 is 46.8 Å². The first-order valence-electron chi connectivity index (χ1n) is 20.9. The summed E-state index contributed by atoms with van der Waals surface area (Å²) in [6, 6.07) is 5.76. The number of alkyl carbamates (subject to hydrolysis) is 1. The van der Waals surface area contributed by atoms with Crippen LogP contribution in [-0.4, -0.2) is 100 Å². The van der Waals surface area contributed by atoms with Gasteiger partial charge in [-0.3, -0.25) is 24.1 Å². The van der Waals surface area contributed by atoms with E-state index in [1.165, 1.54) is 0 Å². The summed E-state index contributed by atoms with van der Waals surface area (Å²) in [6.07, 6.45) is 4.58. The van der Waals surface area contributed by atoms with Gasteiger partial charge >= 0.3 is 12.1 Å². The van der Waals surface area contributed by atoms with E-state index in [1.54, 1.807) is 43.3 Å². The van der Waals surface area contributed by atoms with Crippen LogP contribution in [0.1, 0.15) is 134 Å². The molecule has 1 aliphatic rings. The smallest absolute Gasteiger partial charge is 0.407 e. The molecule has 15 heteroatoms. The average Bonchev–Trinajstić information content (AvgIpc) is 3.68. The normalized spacial score (nSPS) is 20.2. The highest BCUT2D eigenvalue weighted by molar-refractivity contribution is 7.09. The van der Waals surface area contributed by atoms with Gasteiger partial charge in [0.25, 0.3) is 5.91 Å². The Bertz CT molecular complexity index is 1670. The van der Waals surface area contributed by atoms with Crippen molar-refractivity contribution in [2.24, 2.45) is 17.8 Å². The lowest BCUT2D eigenvalue weighted by Gasteiger charge is -2.47. The second-order valence-electron chi connectivity index (χ2n) is 16.6. The second kappa shape index (κ2) is 22.2. The third kappa shape index (κ3) is 12.9. The number of anilines is 1. The van der Waals surface area contributed by atoms with E-state index >= 15 is 0 Å². The van der Waals surface area contributed by atoms with Gasteiger partial charge in [-0.2, -0.15) is 0 Å². The van der Waals surface area contributed by atoms with Gasteiger partial charge in [0.15, 0.2) is 6.10 Å². The van der Waals surface area contributed by atoms with Crippen molar-refractivity contribution in [3.8, 4) is 0 Å². The Balaban J connectivity index is 1.88. The number of carboxylic acid groups (broad SMARTS) is 1. The Morgan fingerprint density at radius 2 is 1.74 bits per heavy atom. The molecule has 2 aromatic rings. The summed E-state index contributed by atoms with van der Waals surface area (Å²) in [5.74, 6) is -2.79. The number of carbonyl (C=O) groups is 5. The minimum atomic E-state index is -0.967. The molecule has 14 nitrogen and oxygen atoms in total. The first kappa shape index (κ1) is 48.1. The number of nitrogens with two attached hydrogens (primary N) is 1. The number of nitrogen functional groups attached to an aromatic ring is 1. The van der Waals surface area contributed by atoms with Crippen molar-refractivity contribution in [2.75, 3.05) is 26.4 Å². The number of carbonyl (C=O) groups excluding carboxylic acids is 4. The number of rotatable bonds is 21. The van der Waals surface area contributed by atoms with Crippen LogP contribution in [0.5, 0.6) is 0 Å². The van der Waals surface area contributed by atoms with Gasteiger partial charge in [-0.1, -0.05) is 66.5 Å². The number of likely N-dealkylation sites (N-methyl/N-ethyl adjacent to an activating group) is 2. The summed E-state index contributed by atoms with van der Waals surface area (Å²) < 4.78 is 5.93. The summed E-state index contributed by atoms with van der Waals surface area (Å²) in [5.41, 5.74) is 6.69. The minimum absolute atomic E-state index is 0.0904. The third-order valence-corrected chi connectivity index (χ3v) is 12.9. The van der Waals surface area contributed by atoms with E-state index in [-0.39, 0.29) is 42.2 Å². The van der Waals surface area contributed by atoms with Crippen molar-refractivity contribution in [3.63, 3.8) is 0 Å². The molecule has 1 fully saturated rings. The van der Waals surface area contributed by atoms with Gasteiger partial charge in [0.2, 0.25) is 11.8 Å². The fraction of sp³-hybridized carbons (Fsp3) is 0.674. The number of hydrogen-bond acceptors (Lipinski definition) is 10. The number of likely N-dealkylation sites (tertiary alicyclic amines) is 1. The van der Waals surface area contributed by atoms with Gasteiger partial charge < -0.3 is 36.4 Å². The van der Waals surface area contributed by atoms with Gasteiger partial charge in [0.1, 0.15) is 16.7 Å². The predicted octanol–water partition coefficient (Wildman–Crippen LogP) is 6.41. The molecule has 0 radical (unpaired) electrons. The van der Waals surface area contributed by atoms with Crippen LogP contribution in [0, 0.1) is 17.8 Å². The van der Waals surface area contributed by atoms with Crippen molar-refractivity contribution in [2.45, 2.75) is 149 Å². The number of benzene rings is 1. The molecule has 58 heavy (non-hydrogen) atoms. The Labute approximate surface area is 349 Å². The number of nitrogens with zero attached hydrogens (tertiary/aromatic N) is 3. The van der Waals surface area contributed by atoms with E-state index in [2.05, 4.69) is 32.8 Å². The summed E-state index contributed by atoms with van der Waals surface area (Å²) in [5, 5.41) is 20.4. The first-order chi connectivity index (χ1) is 27.4. The monoisotopic (exact) mass is 827 g/mol. The van der Waals surface area contributed by atoms with Crippen molar-refractivity contribution < 1.29 is 33.8 Å². The maximum atomic E-state index is 14.5. The molecule has 0 bridgehead atoms. The van der Waals surface area contributed by atoms with Crippen LogP contribution in [0.25, 0.3) is 0 Å². The number of thiazole rings is 1. The van der Waals surface area contributed by atoms with Crippen LogP contribution < -0.4 is 21.7 Å². The van der Waals surface area contributed by atoms with Gasteiger partial charge in [-0.15, -0.1) is 11.3 Å². The van der Waals surface area contributed by atoms with Crippen LogP contribution in [0.4, 0.5) is 10.5 Å². The molecular formula is C43H69N7O7S. The predicted molar refractivity (Wildman–Crippen MR) is 228 cm³/mol. The lowest BCUT2D eigenvalue weighted by molar-refractivity contribution is -0.145. The van der Waals surface area contributed by atoms with Gasteiger partial charge in [-0.05, 0) is 89.0 Å². The molecule has 0 spiro atoms. The lowest BCUT2D eigenvalue weighted by atomic mass is 9.82. The van der Waals surface area contributed by atoms with E-state index in [1.807, 2.05) is 53.8 Å². The molecule has 2 heterocycles. The topological polar surface area (TPSA) is 196 Å². The maximum Gasteiger partial charge on any atom is 0.407 e. The summed E-state index contributed by atoms with van der Waals surface area (Å²) in [4.78, 5) is 75.5. The van der Waals surface area contributed by atoms with Crippen LogP contribution in [0.2, 0.25) is 0 Å². The number of amides is 4. The highest BCUT2D eigenvalue weighted by Gasteiger charge is 2.45. The Hall–Kier alpha value is -4.24. The molecule has 0 aliphatic carbocycles. The average molecular weight is 828 g/mol. The summed E-state index contributed by atoms with van der Waals surface area (Å²) >= 11 is 1.16. The zero-order valence-electron chi connectivity index (χ0n) is 36.3. The highest BCUT2D eigenvalue weighted by atomic mass is 32.1. The molecule has 6 N–H and O–H groups in total. The first-order valence-corrected chi connectivity index (χ1v) is 21.8. The molecule has 0 saturated carbocycles. The molecule has 1 aliphatic heterocycles. The Morgan fingerprint density at radius 3 is 2.33 bits per heavy atom. The van der Waals surface area contributed by atoms with Crippen molar-refractivity contribution in [1.82, 2.24) is 30.7 Å². The molecule has 1 aromatic heterocycles. The van der Waals surface area contributed by atoms with Crippen LogP contribution in [-0.2, 0) is 25.5 Å². The van der Waals surface area contributed by atoms with E-state index < -0.39 is 53.7 Å². The van der Waals surface area contributed by atoms with Gasteiger partial charge in [-0.25, -0.2) is 9.78 Å². The van der Waals surface area contributed by atoms with Crippen molar-refractivity contribution in [1.29, 1.82) is 0 Å². The lowest BCUT2D eigenvalue weighted by Crippen LogP contribution is -2.64. The molecule has 3 unspecified atom stereocenters. The van der Waals surface area contributed by atoms with Gasteiger partial charge in [0.05, 0.1) is 11.5 Å². The van der Waals surface area contributed by atoms with Gasteiger partial charge in [0, 0.05) is 49.2 Å². The zero-order valence-corrected chi connectivity index (χ0v) is 37.1. The Kier molecular flexibility index (Phi) is 18.4. The zero-order chi connectivity index (χ0) is 43.3. The number of ether oxygens (including phenoxy) is 1. The standard InChI is InChI=1S/C43H69N7O7S/c1-11-15-32-16-14-21-43(8,50(32)10)41(55)48-36(27(6)12-2)39(52)49(9)34(26(4)5)24-35(57-42(56)45-13-3)38-47-33(25-58-38)37(51)46-31(22-28(7)40(53)54)23-29-17-19-30(44)20-18-29/h17-20,25-28,31-32,34-36H,11-16,21-24,44H2,1-10H3,(H,45,56)(H,46,51)(H,48,55)(H,53,54)/t27-,28-,31+,32?,34?,35+,36-,43?/m0/s1. The number of aromatic nitrogens is 1. The van der Waals surface area contributed by atoms with E-state index in [0.29, 0.717) is 42.5 Å². The molecule has 8 atom stereocenters. The minimum Gasteiger partial charge on any atom is -0.481 e. The highest BCUT2D eigenvalue weighted by Crippen LogP contribution is 2.34. The molecular weight excluding hydrogens is 759 g/mol. The molecule has 3 rings (SSSR count). The van der Waals surface area contributed by atoms with Crippen LogP contribution >= 0.6 is 11.3 Å². The van der Waals surface area contributed by atoms with Crippen molar-refractivity contribution in [3.05, 3.63) is 45.9 Å². The third-order valence-electron chi connectivity index (χ3n) is 11.9. The molecule has 1 saturated heterocycles. The number of hydrogen-bond donors (Lipinski definition) is 5. The fourth-order valence-electron chi connectivity index (χ4n) is 7.83. The quantitative estimate of drug-likeness (QED) is 0.0878. The summed E-state index contributed by atoms with van der Waals surface area (Å²) in [6.45, 7) is 15.8. The van der Waals surface area contributed by atoms with E-state index in [4.69, 9.17) is 10.5 Å².